The molecule has 0 aliphatic rings. The fraction of sp³-hybridized carbons (Fsp3) is 0.200. The summed E-state index contributed by atoms with van der Waals surface area (Å²) in [6.45, 7) is 1.58. The Balaban J connectivity index is 3.24. The number of hydrogen-bond acceptors (Lipinski definition) is 5. The summed E-state index contributed by atoms with van der Waals surface area (Å²) in [5, 5.41) is 21.6. The summed E-state index contributed by atoms with van der Waals surface area (Å²) < 4.78 is 13.4. The summed E-state index contributed by atoms with van der Waals surface area (Å²) in [7, 11) is 0. The molecule has 0 fully saturated rings. The number of halogens is 1. The van der Waals surface area contributed by atoms with Crippen molar-refractivity contribution in [2.45, 2.75) is 6.92 Å². The van der Waals surface area contributed by atoms with Gasteiger partial charge in [-0.25, -0.2) is 4.99 Å². The van der Waals surface area contributed by atoms with Crippen LogP contribution in [0.1, 0.15) is 5.56 Å². The third kappa shape index (κ3) is 3.18. The zero-order chi connectivity index (χ0) is 13.7. The largest absolute Gasteiger partial charge is 0.305 e. The normalized spacial score (nSPS) is 10.9. The van der Waals surface area contributed by atoms with Crippen LogP contribution < -0.4 is 5.32 Å². The first-order valence-electron chi connectivity index (χ1n) is 4.72. The molecule has 6 nitrogen and oxygen atoms in total. The van der Waals surface area contributed by atoms with Crippen molar-refractivity contribution >= 4 is 28.3 Å². The lowest BCUT2D eigenvalue weighted by Crippen LogP contribution is -2.12. The summed E-state index contributed by atoms with van der Waals surface area (Å²) >= 11 is 1.17. The molecule has 0 unspecified atom stereocenters. The van der Waals surface area contributed by atoms with Crippen LogP contribution in [0.4, 0.5) is 15.8 Å². The van der Waals surface area contributed by atoms with Crippen molar-refractivity contribution in [2.75, 3.05) is 6.26 Å². The van der Waals surface area contributed by atoms with E-state index in [1.54, 1.807) is 19.4 Å². The number of hydrogen-bond donors (Lipinski definition) is 1. The van der Waals surface area contributed by atoms with Gasteiger partial charge in [0.25, 0.3) is 0 Å². The molecule has 0 atom stereocenters. The Bertz CT molecular complexity index is 554. The van der Waals surface area contributed by atoms with Gasteiger partial charge in [-0.1, -0.05) is 11.8 Å². The van der Waals surface area contributed by atoms with Gasteiger partial charge in [0.1, 0.15) is 0 Å². The van der Waals surface area contributed by atoms with E-state index in [0.29, 0.717) is 5.56 Å². The fourth-order valence-electron chi connectivity index (χ4n) is 1.20. The predicted molar refractivity (Wildman–Crippen MR) is 67.2 cm³/mol. The summed E-state index contributed by atoms with van der Waals surface area (Å²) in [5.74, 6) is -0.957. The van der Waals surface area contributed by atoms with E-state index in [4.69, 9.17) is 5.26 Å². The number of amidine groups is 1. The van der Waals surface area contributed by atoms with Gasteiger partial charge in [0, 0.05) is 12.1 Å². The van der Waals surface area contributed by atoms with E-state index >= 15 is 0 Å². The van der Waals surface area contributed by atoms with Crippen molar-refractivity contribution in [3.05, 3.63) is 33.6 Å². The second-order valence-corrected chi connectivity index (χ2v) is 4.00. The number of nitro groups is 1. The molecule has 18 heavy (non-hydrogen) atoms. The number of nitriles is 1. The third-order valence-corrected chi connectivity index (χ3v) is 2.62. The number of nitrogens with zero attached hydrogens (tertiary/aromatic N) is 3. The molecular formula is C10H9FN4O2S. The first-order chi connectivity index (χ1) is 8.49. The number of benzene rings is 1. The molecule has 0 aromatic heterocycles. The molecule has 1 rings (SSSR count). The van der Waals surface area contributed by atoms with Crippen molar-refractivity contribution in [3.8, 4) is 6.19 Å². The first kappa shape index (κ1) is 13.9. The number of nitrogens with one attached hydrogen (secondary N) is 1. The number of rotatable bonds is 2. The van der Waals surface area contributed by atoms with Gasteiger partial charge in [-0.15, -0.1) is 0 Å². The van der Waals surface area contributed by atoms with Crippen LogP contribution >= 0.6 is 11.8 Å². The molecule has 0 aliphatic carbocycles. The van der Waals surface area contributed by atoms with Gasteiger partial charge in [-0.05, 0) is 18.7 Å². The van der Waals surface area contributed by atoms with Crippen LogP contribution in [0, 0.1) is 34.3 Å². The van der Waals surface area contributed by atoms with E-state index in [9.17, 15) is 14.5 Å². The maximum atomic E-state index is 13.4. The number of aryl methyl sites for hydroxylation is 1. The molecule has 0 heterocycles. The SMILES string of the molecule is CSC(=Nc1cc(F)c([N+](=O)[O-])cc1C)NC#N. The second kappa shape index (κ2) is 5.97. The number of aliphatic imine (C=N–C) groups is 1. The van der Waals surface area contributed by atoms with Gasteiger partial charge >= 0.3 is 5.69 Å². The molecule has 0 aliphatic heterocycles. The molecule has 1 N–H and O–H groups in total. The Hall–Kier alpha value is -2.14. The lowest BCUT2D eigenvalue weighted by Gasteiger charge is -2.04. The van der Waals surface area contributed by atoms with Crippen molar-refractivity contribution in [3.63, 3.8) is 0 Å². The Morgan fingerprint density at radius 3 is 2.83 bits per heavy atom. The minimum absolute atomic E-state index is 0.241. The van der Waals surface area contributed by atoms with Crippen molar-refractivity contribution in [1.82, 2.24) is 5.32 Å². The number of nitro benzene ring substituents is 1. The van der Waals surface area contributed by atoms with Crippen LogP contribution in [0.25, 0.3) is 0 Å². The third-order valence-electron chi connectivity index (χ3n) is 2.04. The van der Waals surface area contributed by atoms with E-state index in [0.717, 1.165) is 12.1 Å². The maximum Gasteiger partial charge on any atom is 0.305 e. The van der Waals surface area contributed by atoms with Crippen LogP contribution in [-0.2, 0) is 0 Å². The highest BCUT2D eigenvalue weighted by molar-refractivity contribution is 8.13. The van der Waals surface area contributed by atoms with Gasteiger partial charge in [0.15, 0.2) is 11.4 Å². The van der Waals surface area contributed by atoms with Gasteiger partial charge in [0.05, 0.1) is 10.6 Å². The van der Waals surface area contributed by atoms with Crippen molar-refractivity contribution in [1.29, 1.82) is 5.26 Å². The first-order valence-corrected chi connectivity index (χ1v) is 5.94. The summed E-state index contributed by atoms with van der Waals surface area (Å²) in [5.41, 5.74) is 0.102. The molecule has 0 amide bonds. The van der Waals surface area contributed by atoms with E-state index < -0.39 is 16.4 Å². The van der Waals surface area contributed by atoms with Crippen LogP contribution in [0.2, 0.25) is 0 Å². The topological polar surface area (TPSA) is 91.3 Å². The molecule has 0 saturated carbocycles. The van der Waals surface area contributed by atoms with Crippen LogP contribution in [-0.4, -0.2) is 16.3 Å². The van der Waals surface area contributed by atoms with E-state index in [1.165, 1.54) is 11.8 Å². The zero-order valence-electron chi connectivity index (χ0n) is 9.60. The summed E-state index contributed by atoms with van der Waals surface area (Å²) in [6.07, 6.45) is 3.39. The number of thioether (sulfide) groups is 1. The monoisotopic (exact) mass is 268 g/mol. The molecule has 0 radical (unpaired) electrons. The highest BCUT2D eigenvalue weighted by Gasteiger charge is 2.16. The lowest BCUT2D eigenvalue weighted by molar-refractivity contribution is -0.387. The maximum absolute atomic E-state index is 13.4. The highest BCUT2D eigenvalue weighted by atomic mass is 32.2. The summed E-state index contributed by atoms with van der Waals surface area (Å²) in [4.78, 5) is 13.8. The molecule has 0 bridgehead atoms. The molecule has 1 aromatic carbocycles. The smallest absolute Gasteiger partial charge is 0.271 e. The standard InChI is InChI=1S/C10H9FN4O2S/c1-6-3-9(15(16)17)7(11)4-8(6)14-10(18-2)13-5-12/h3-4H,1-2H3,(H,13,14). The predicted octanol–water partition coefficient (Wildman–Crippen LogP) is 2.46. The quantitative estimate of drug-likeness (QED) is 0.222. The molecule has 8 heteroatoms. The van der Waals surface area contributed by atoms with Gasteiger partial charge in [-0.2, -0.15) is 9.65 Å². The fourth-order valence-corrected chi connectivity index (χ4v) is 1.54. The Morgan fingerprint density at radius 2 is 2.33 bits per heavy atom. The van der Waals surface area contributed by atoms with Crippen molar-refractivity contribution < 1.29 is 9.31 Å². The van der Waals surface area contributed by atoms with E-state index in [1.807, 2.05) is 0 Å². The Morgan fingerprint density at radius 1 is 1.67 bits per heavy atom. The Kier molecular flexibility index (Phi) is 4.62. The second-order valence-electron chi connectivity index (χ2n) is 3.21. The minimum atomic E-state index is -0.957. The average Bonchev–Trinajstić information content (AvgIpc) is 2.32. The molecule has 0 spiro atoms. The van der Waals surface area contributed by atoms with Gasteiger partial charge in [-0.3, -0.25) is 15.4 Å². The van der Waals surface area contributed by atoms with Crippen LogP contribution in [0.5, 0.6) is 0 Å². The molecule has 1 aromatic rings. The molecular weight excluding hydrogens is 259 g/mol. The molecule has 94 valence electrons. The van der Waals surface area contributed by atoms with Crippen LogP contribution in [0.15, 0.2) is 17.1 Å². The zero-order valence-corrected chi connectivity index (χ0v) is 10.4. The summed E-state index contributed by atoms with van der Waals surface area (Å²) in [6, 6.07) is 2.08. The molecule has 0 saturated heterocycles. The van der Waals surface area contributed by atoms with Gasteiger partial charge < -0.3 is 0 Å². The van der Waals surface area contributed by atoms with E-state index in [2.05, 4.69) is 10.3 Å². The minimum Gasteiger partial charge on any atom is -0.271 e. The average molecular weight is 268 g/mol. The van der Waals surface area contributed by atoms with Crippen molar-refractivity contribution in [2.24, 2.45) is 4.99 Å². The Labute approximate surface area is 107 Å². The lowest BCUT2D eigenvalue weighted by atomic mass is 10.2. The highest BCUT2D eigenvalue weighted by Crippen LogP contribution is 2.27. The van der Waals surface area contributed by atoms with E-state index in [-0.39, 0.29) is 10.9 Å². The van der Waals surface area contributed by atoms with Crippen LogP contribution in [0.3, 0.4) is 0 Å². The van der Waals surface area contributed by atoms with Gasteiger partial charge in [0.2, 0.25) is 5.82 Å².